The first-order chi connectivity index (χ1) is 12.9. The van der Waals surface area contributed by atoms with E-state index in [4.69, 9.17) is 4.84 Å². The zero-order chi connectivity index (χ0) is 17.4. The van der Waals surface area contributed by atoms with Crippen molar-refractivity contribution in [2.45, 2.75) is 44.5 Å². The van der Waals surface area contributed by atoms with Gasteiger partial charge in [-0.15, -0.1) is 5.10 Å². The van der Waals surface area contributed by atoms with Crippen LogP contribution in [-0.4, -0.2) is 75.1 Å². The summed E-state index contributed by atoms with van der Waals surface area (Å²) in [5.74, 6) is -0.528. The molecule has 1 aromatic carbocycles. The van der Waals surface area contributed by atoms with Crippen molar-refractivity contribution < 1.29 is 4.84 Å². The van der Waals surface area contributed by atoms with Gasteiger partial charge in [0.1, 0.15) is 11.0 Å². The van der Waals surface area contributed by atoms with E-state index in [0.717, 1.165) is 50.3 Å². The molecule has 0 bridgehead atoms. The molecule has 3 aliphatic rings. The van der Waals surface area contributed by atoms with E-state index in [1.54, 1.807) is 4.85 Å². The lowest BCUT2D eigenvalue weighted by atomic mass is 10.3. The average molecular weight is 356 g/mol. The molecule has 0 atom stereocenters. The Hall–Kier alpha value is -1.70. The highest BCUT2D eigenvalue weighted by Crippen LogP contribution is 2.34. The summed E-state index contributed by atoms with van der Waals surface area (Å²) in [6, 6.07) is 8.05. The molecule has 4 heterocycles. The minimum absolute atomic E-state index is 0.528. The van der Waals surface area contributed by atoms with Gasteiger partial charge in [-0.2, -0.15) is 0 Å². The number of hydrogen-bond acceptors (Lipinski definition) is 6. The third-order valence-electron chi connectivity index (χ3n) is 6.08. The normalized spacial score (nSPS) is 23.4. The van der Waals surface area contributed by atoms with Crippen molar-refractivity contribution in [3.63, 3.8) is 0 Å². The fourth-order valence-corrected chi connectivity index (χ4v) is 4.83. The first-order valence-electron chi connectivity index (χ1n) is 10.1. The summed E-state index contributed by atoms with van der Waals surface area (Å²) in [5.41, 5.74) is 1.82. The van der Waals surface area contributed by atoms with Gasteiger partial charge in [-0.05, 0) is 55.9 Å². The average Bonchev–Trinajstić information content (AvgIpc) is 3.49. The van der Waals surface area contributed by atoms with Gasteiger partial charge in [-0.25, -0.2) is 14.7 Å². The maximum atomic E-state index is 6.83. The van der Waals surface area contributed by atoms with Crippen LogP contribution in [0.3, 0.4) is 0 Å². The lowest BCUT2D eigenvalue weighted by molar-refractivity contribution is -0.319. The van der Waals surface area contributed by atoms with Crippen LogP contribution in [0, 0.1) is 0 Å². The Morgan fingerprint density at radius 1 is 0.731 bits per heavy atom. The SMILES string of the molecule is c1ccc2c(c1)nnn2OC(N1CCCC1)(N1CCCC1)N1CCCC1. The Kier molecular flexibility index (Phi) is 4.30. The number of benzene rings is 1. The smallest absolute Gasteiger partial charge is 0.311 e. The molecule has 5 rings (SSSR count). The maximum absolute atomic E-state index is 6.83. The molecule has 0 radical (unpaired) electrons. The largest absolute Gasteiger partial charge is 0.339 e. The summed E-state index contributed by atoms with van der Waals surface area (Å²) in [4.78, 5) is 16.1. The van der Waals surface area contributed by atoms with Crippen LogP contribution in [0.4, 0.5) is 0 Å². The molecule has 7 nitrogen and oxygen atoms in total. The van der Waals surface area contributed by atoms with E-state index >= 15 is 0 Å². The molecule has 0 spiro atoms. The van der Waals surface area contributed by atoms with Gasteiger partial charge in [0.05, 0.1) is 0 Å². The summed E-state index contributed by atoms with van der Waals surface area (Å²) in [6.45, 7) is 6.50. The summed E-state index contributed by atoms with van der Waals surface area (Å²) < 4.78 is 0. The Morgan fingerprint density at radius 3 is 1.77 bits per heavy atom. The molecular weight excluding hydrogens is 328 g/mol. The molecule has 0 aliphatic carbocycles. The molecule has 3 saturated heterocycles. The minimum atomic E-state index is -0.528. The molecule has 1 aromatic heterocycles. The third-order valence-corrected chi connectivity index (χ3v) is 6.08. The molecule has 3 aliphatic heterocycles. The monoisotopic (exact) mass is 356 g/mol. The second kappa shape index (κ2) is 6.79. The van der Waals surface area contributed by atoms with Crippen molar-refractivity contribution in [2.24, 2.45) is 0 Å². The lowest BCUT2D eigenvalue weighted by Crippen LogP contribution is -2.73. The Balaban J connectivity index is 1.59. The van der Waals surface area contributed by atoms with Crippen LogP contribution >= 0.6 is 0 Å². The number of para-hydroxylation sites is 1. The summed E-state index contributed by atoms with van der Waals surface area (Å²) in [7, 11) is 0. The highest BCUT2D eigenvalue weighted by molar-refractivity contribution is 5.73. The summed E-state index contributed by atoms with van der Waals surface area (Å²) in [5, 5.41) is 8.67. The zero-order valence-corrected chi connectivity index (χ0v) is 15.4. The van der Waals surface area contributed by atoms with Crippen LogP contribution in [0.25, 0.3) is 11.0 Å². The summed E-state index contributed by atoms with van der Waals surface area (Å²) >= 11 is 0. The zero-order valence-electron chi connectivity index (χ0n) is 15.4. The lowest BCUT2D eigenvalue weighted by Gasteiger charge is -2.50. The van der Waals surface area contributed by atoms with E-state index in [1.165, 1.54) is 38.5 Å². The van der Waals surface area contributed by atoms with E-state index in [9.17, 15) is 0 Å². The van der Waals surface area contributed by atoms with E-state index in [0.29, 0.717) is 0 Å². The third kappa shape index (κ3) is 2.61. The molecular formula is C19H28N6O. The predicted molar refractivity (Wildman–Crippen MR) is 99.3 cm³/mol. The van der Waals surface area contributed by atoms with Crippen LogP contribution < -0.4 is 4.84 Å². The first-order valence-corrected chi connectivity index (χ1v) is 10.1. The van der Waals surface area contributed by atoms with Gasteiger partial charge in [0, 0.05) is 39.3 Å². The van der Waals surface area contributed by atoms with E-state index in [1.807, 2.05) is 24.3 Å². The number of aromatic nitrogens is 3. The second-order valence-electron chi connectivity index (χ2n) is 7.70. The van der Waals surface area contributed by atoms with E-state index in [-0.39, 0.29) is 0 Å². The van der Waals surface area contributed by atoms with Gasteiger partial charge in [0.2, 0.25) is 0 Å². The Morgan fingerprint density at radius 2 is 1.23 bits per heavy atom. The van der Waals surface area contributed by atoms with Crippen molar-refractivity contribution in [1.82, 2.24) is 29.9 Å². The fourth-order valence-electron chi connectivity index (χ4n) is 4.83. The molecule has 0 unspecified atom stereocenters. The quantitative estimate of drug-likeness (QED) is 0.814. The van der Waals surface area contributed by atoms with Gasteiger partial charge in [-0.3, -0.25) is 0 Å². The second-order valence-corrected chi connectivity index (χ2v) is 7.70. The summed E-state index contributed by atoms with van der Waals surface area (Å²) in [6.07, 6.45) is 7.45. The molecule has 3 fully saturated rings. The van der Waals surface area contributed by atoms with Gasteiger partial charge < -0.3 is 4.84 Å². The number of nitrogens with zero attached hydrogens (tertiary/aromatic N) is 6. The highest BCUT2D eigenvalue weighted by atomic mass is 16.7. The molecule has 140 valence electrons. The van der Waals surface area contributed by atoms with E-state index < -0.39 is 5.97 Å². The minimum Gasteiger partial charge on any atom is -0.339 e. The molecule has 0 N–H and O–H groups in total. The van der Waals surface area contributed by atoms with Crippen LogP contribution in [0.5, 0.6) is 0 Å². The Bertz CT molecular complexity index is 703. The molecule has 0 amide bonds. The van der Waals surface area contributed by atoms with Crippen LogP contribution in [0.15, 0.2) is 24.3 Å². The van der Waals surface area contributed by atoms with E-state index in [2.05, 4.69) is 25.0 Å². The Labute approximate surface area is 154 Å². The highest BCUT2D eigenvalue weighted by Gasteiger charge is 2.53. The van der Waals surface area contributed by atoms with Crippen molar-refractivity contribution >= 4 is 11.0 Å². The predicted octanol–water partition coefficient (Wildman–Crippen LogP) is 1.76. The van der Waals surface area contributed by atoms with Gasteiger partial charge in [-0.1, -0.05) is 17.0 Å². The number of fused-ring (bicyclic) bond motifs is 1. The van der Waals surface area contributed by atoms with Gasteiger partial charge in [0.25, 0.3) is 0 Å². The van der Waals surface area contributed by atoms with Crippen LogP contribution in [-0.2, 0) is 0 Å². The number of likely N-dealkylation sites (tertiary alicyclic amines) is 3. The van der Waals surface area contributed by atoms with Crippen molar-refractivity contribution in [2.75, 3.05) is 39.3 Å². The van der Waals surface area contributed by atoms with Crippen molar-refractivity contribution in [3.8, 4) is 0 Å². The van der Waals surface area contributed by atoms with Crippen LogP contribution in [0.2, 0.25) is 0 Å². The standard InChI is InChI=1S/C19H28N6O/c1-2-10-18-17(9-1)20-21-25(18)26-19(22-11-3-4-12-22,23-13-5-6-14-23)24-15-7-8-16-24/h1-2,9-10H,3-8,11-16H2. The van der Waals surface area contributed by atoms with Gasteiger partial charge >= 0.3 is 5.97 Å². The fraction of sp³-hybridized carbons (Fsp3) is 0.684. The molecule has 7 heteroatoms. The molecule has 2 aromatic rings. The number of hydrogen-bond donors (Lipinski definition) is 0. The topological polar surface area (TPSA) is 49.7 Å². The maximum Gasteiger partial charge on any atom is 0.311 e. The van der Waals surface area contributed by atoms with Gasteiger partial charge in [0.15, 0.2) is 0 Å². The first kappa shape index (κ1) is 16.5. The molecule has 26 heavy (non-hydrogen) atoms. The molecule has 0 saturated carbocycles. The van der Waals surface area contributed by atoms with Crippen molar-refractivity contribution in [1.29, 1.82) is 0 Å². The van der Waals surface area contributed by atoms with Crippen LogP contribution in [0.1, 0.15) is 38.5 Å². The van der Waals surface area contributed by atoms with Crippen molar-refractivity contribution in [3.05, 3.63) is 24.3 Å². The number of rotatable bonds is 5.